The standard InChI is InChI=1S/C20H21N3O10S/c1-30-15-6-11(7-16(31-2)19(15)32-3)20(27)21-22-34(28,29)12-4-5-14-13(8-12)23(9-18(25)26)17(24)10-33-14/h4-8,22H,9-10H2,1-3H3,(H,21,27)(H,25,26). The Morgan fingerprint density at radius 2 is 1.74 bits per heavy atom. The molecule has 0 aromatic heterocycles. The summed E-state index contributed by atoms with van der Waals surface area (Å²) in [6.07, 6.45) is 0. The van der Waals surface area contributed by atoms with Crippen molar-refractivity contribution in [2.45, 2.75) is 4.90 Å². The van der Waals surface area contributed by atoms with Crippen molar-refractivity contribution in [3.05, 3.63) is 35.9 Å². The number of nitrogens with one attached hydrogen (secondary N) is 2. The molecule has 0 atom stereocenters. The van der Waals surface area contributed by atoms with E-state index in [1.165, 1.54) is 45.6 Å². The maximum Gasteiger partial charge on any atom is 0.323 e. The van der Waals surface area contributed by atoms with Gasteiger partial charge in [-0.05, 0) is 30.3 Å². The molecule has 182 valence electrons. The monoisotopic (exact) mass is 495 g/mol. The van der Waals surface area contributed by atoms with Crippen LogP contribution in [0.3, 0.4) is 0 Å². The van der Waals surface area contributed by atoms with Gasteiger partial charge in [-0.15, -0.1) is 4.83 Å². The van der Waals surface area contributed by atoms with E-state index in [1.54, 1.807) is 0 Å². The minimum Gasteiger partial charge on any atom is -0.493 e. The van der Waals surface area contributed by atoms with Crippen molar-refractivity contribution in [2.24, 2.45) is 0 Å². The Hall–Kier alpha value is -4.04. The third-order valence-electron chi connectivity index (χ3n) is 4.70. The van der Waals surface area contributed by atoms with Gasteiger partial charge in [0.2, 0.25) is 5.75 Å². The van der Waals surface area contributed by atoms with E-state index >= 15 is 0 Å². The van der Waals surface area contributed by atoms with Crippen molar-refractivity contribution < 1.29 is 46.9 Å². The van der Waals surface area contributed by atoms with Crippen LogP contribution in [0.2, 0.25) is 0 Å². The lowest BCUT2D eigenvalue weighted by atomic mass is 10.1. The summed E-state index contributed by atoms with van der Waals surface area (Å²) >= 11 is 0. The molecule has 34 heavy (non-hydrogen) atoms. The van der Waals surface area contributed by atoms with Gasteiger partial charge in [0.05, 0.1) is 31.9 Å². The molecular formula is C20H21N3O10S. The first-order valence-corrected chi connectivity index (χ1v) is 11.0. The molecule has 3 rings (SSSR count). The Labute approximate surface area is 194 Å². The molecule has 0 saturated carbocycles. The smallest absolute Gasteiger partial charge is 0.323 e. The number of aliphatic carboxylic acids is 1. The second-order valence-electron chi connectivity index (χ2n) is 6.77. The first kappa shape index (κ1) is 24.6. The van der Waals surface area contributed by atoms with E-state index in [1.807, 2.05) is 4.83 Å². The number of carbonyl (C=O) groups is 3. The SMILES string of the molecule is COc1cc(C(=O)NNS(=O)(=O)c2ccc3c(c2)N(CC(=O)O)C(=O)CO3)cc(OC)c1OC. The number of carboxylic acids is 1. The first-order chi connectivity index (χ1) is 16.1. The van der Waals surface area contributed by atoms with Crippen molar-refractivity contribution in [3.63, 3.8) is 0 Å². The zero-order valence-electron chi connectivity index (χ0n) is 18.3. The highest BCUT2D eigenvalue weighted by Gasteiger charge is 2.29. The first-order valence-electron chi connectivity index (χ1n) is 9.52. The van der Waals surface area contributed by atoms with E-state index in [9.17, 15) is 22.8 Å². The van der Waals surface area contributed by atoms with Crippen LogP contribution >= 0.6 is 0 Å². The number of carbonyl (C=O) groups excluding carboxylic acids is 2. The number of methoxy groups -OCH3 is 3. The van der Waals surface area contributed by atoms with Crippen molar-refractivity contribution in [3.8, 4) is 23.0 Å². The fraction of sp³-hybridized carbons (Fsp3) is 0.250. The van der Waals surface area contributed by atoms with Crippen molar-refractivity contribution in [1.82, 2.24) is 10.3 Å². The van der Waals surface area contributed by atoms with Gasteiger partial charge in [-0.25, -0.2) is 8.42 Å². The number of benzene rings is 2. The molecule has 0 unspecified atom stereocenters. The van der Waals surface area contributed by atoms with Crippen LogP contribution in [-0.4, -0.2) is 65.8 Å². The Kier molecular flexibility index (Phi) is 7.12. The average molecular weight is 495 g/mol. The lowest BCUT2D eigenvalue weighted by Gasteiger charge is -2.28. The number of hydrazine groups is 1. The molecule has 14 heteroatoms. The van der Waals surface area contributed by atoms with Crippen LogP contribution in [-0.2, 0) is 19.6 Å². The summed E-state index contributed by atoms with van der Waals surface area (Å²) in [6.45, 7) is -1.06. The van der Waals surface area contributed by atoms with Crippen LogP contribution in [0.15, 0.2) is 35.2 Å². The molecular weight excluding hydrogens is 474 g/mol. The van der Waals surface area contributed by atoms with Gasteiger partial charge in [0, 0.05) is 5.56 Å². The Bertz CT molecular complexity index is 1220. The van der Waals surface area contributed by atoms with Gasteiger partial charge in [0.1, 0.15) is 12.3 Å². The van der Waals surface area contributed by atoms with Gasteiger partial charge < -0.3 is 24.1 Å². The van der Waals surface area contributed by atoms with Gasteiger partial charge in [-0.1, -0.05) is 0 Å². The zero-order chi connectivity index (χ0) is 25.0. The van der Waals surface area contributed by atoms with Gasteiger partial charge >= 0.3 is 5.97 Å². The molecule has 0 aliphatic carbocycles. The topological polar surface area (TPSA) is 170 Å². The molecule has 0 fully saturated rings. The highest BCUT2D eigenvalue weighted by atomic mass is 32.2. The number of ether oxygens (including phenoxy) is 4. The van der Waals surface area contributed by atoms with Gasteiger partial charge in [-0.2, -0.15) is 0 Å². The fourth-order valence-electron chi connectivity index (χ4n) is 3.11. The summed E-state index contributed by atoms with van der Waals surface area (Å²) in [7, 11) is -0.207. The molecule has 0 spiro atoms. The number of carboxylic acid groups (broad SMARTS) is 1. The quantitative estimate of drug-likeness (QED) is 0.407. The van der Waals surface area contributed by atoms with Crippen molar-refractivity contribution in [2.75, 3.05) is 39.4 Å². The van der Waals surface area contributed by atoms with E-state index < -0.39 is 34.4 Å². The molecule has 2 aromatic rings. The lowest BCUT2D eigenvalue weighted by Crippen LogP contribution is -2.43. The van der Waals surface area contributed by atoms with Gasteiger partial charge in [0.15, 0.2) is 18.1 Å². The van der Waals surface area contributed by atoms with Crippen LogP contribution in [0.5, 0.6) is 23.0 Å². The maximum absolute atomic E-state index is 12.8. The number of hydrogen-bond acceptors (Lipinski definition) is 9. The summed E-state index contributed by atoms with van der Waals surface area (Å²) in [5, 5.41) is 9.06. The highest BCUT2D eigenvalue weighted by molar-refractivity contribution is 7.89. The predicted molar refractivity (Wildman–Crippen MR) is 116 cm³/mol. The number of amides is 2. The molecule has 1 aliphatic rings. The summed E-state index contributed by atoms with van der Waals surface area (Å²) in [6, 6.07) is 6.20. The second-order valence-corrected chi connectivity index (χ2v) is 8.45. The van der Waals surface area contributed by atoms with E-state index in [2.05, 4.69) is 5.43 Å². The summed E-state index contributed by atoms with van der Waals surface area (Å²) in [5.41, 5.74) is 2.05. The minimum absolute atomic E-state index is 0.00858. The third-order valence-corrected chi connectivity index (χ3v) is 5.95. The normalized spacial score (nSPS) is 12.9. The van der Waals surface area contributed by atoms with Crippen molar-refractivity contribution >= 4 is 33.5 Å². The molecule has 0 bridgehead atoms. The Balaban J connectivity index is 1.84. The number of rotatable bonds is 9. The maximum atomic E-state index is 12.8. The predicted octanol–water partition coefficient (Wildman–Crippen LogP) is 0.146. The minimum atomic E-state index is -4.32. The van der Waals surface area contributed by atoms with Gasteiger partial charge in [-0.3, -0.25) is 24.7 Å². The summed E-state index contributed by atoms with van der Waals surface area (Å²) in [4.78, 5) is 38.3. The van der Waals surface area contributed by atoms with Crippen molar-refractivity contribution in [1.29, 1.82) is 0 Å². The van der Waals surface area contributed by atoms with Crippen LogP contribution in [0.1, 0.15) is 10.4 Å². The third kappa shape index (κ3) is 4.97. The highest BCUT2D eigenvalue weighted by Crippen LogP contribution is 2.38. The molecule has 2 amide bonds. The molecule has 1 aliphatic heterocycles. The molecule has 2 aromatic carbocycles. The van der Waals surface area contributed by atoms with Crippen LogP contribution in [0, 0.1) is 0 Å². The Morgan fingerprint density at radius 3 is 2.29 bits per heavy atom. The van der Waals surface area contributed by atoms with E-state index in [-0.39, 0.29) is 45.8 Å². The number of nitrogens with zero attached hydrogens (tertiary/aromatic N) is 1. The fourth-order valence-corrected chi connectivity index (χ4v) is 3.97. The van der Waals surface area contributed by atoms with Crippen LogP contribution in [0.25, 0.3) is 0 Å². The van der Waals surface area contributed by atoms with Gasteiger partial charge in [0.25, 0.3) is 21.8 Å². The zero-order valence-corrected chi connectivity index (χ0v) is 19.1. The second kappa shape index (κ2) is 9.84. The number of fused-ring (bicyclic) bond motifs is 1. The van der Waals surface area contributed by atoms with Crippen LogP contribution < -0.4 is 34.1 Å². The summed E-state index contributed by atoms with van der Waals surface area (Å²) in [5.74, 6) is -1.99. The lowest BCUT2D eigenvalue weighted by molar-refractivity contribution is -0.137. The largest absolute Gasteiger partial charge is 0.493 e. The number of anilines is 1. The van der Waals surface area contributed by atoms with E-state index in [0.29, 0.717) is 0 Å². The number of sulfonamides is 1. The molecule has 3 N–H and O–H groups in total. The van der Waals surface area contributed by atoms with E-state index in [4.69, 9.17) is 24.1 Å². The molecule has 0 radical (unpaired) electrons. The molecule has 13 nitrogen and oxygen atoms in total. The summed E-state index contributed by atoms with van der Waals surface area (Å²) < 4.78 is 46.3. The Morgan fingerprint density at radius 1 is 1.09 bits per heavy atom. The average Bonchev–Trinajstić information content (AvgIpc) is 2.82. The molecule has 0 saturated heterocycles. The van der Waals surface area contributed by atoms with E-state index in [0.717, 1.165) is 11.0 Å². The van der Waals surface area contributed by atoms with Crippen LogP contribution in [0.4, 0.5) is 5.69 Å². The number of hydrogen-bond donors (Lipinski definition) is 3. The molecule has 1 heterocycles.